The Kier molecular flexibility index (Phi) is 9.05. The van der Waals surface area contributed by atoms with Crippen LogP contribution in [0.5, 0.6) is 11.5 Å². The van der Waals surface area contributed by atoms with Crippen LogP contribution in [-0.4, -0.2) is 36.1 Å². The average Bonchev–Trinajstić information content (AvgIpc) is 3.11. The number of methoxy groups -OCH3 is 2. The van der Waals surface area contributed by atoms with E-state index in [1.165, 1.54) is 11.1 Å². The lowest BCUT2D eigenvalue weighted by atomic mass is 9.90. The zero-order chi connectivity index (χ0) is 31.9. The van der Waals surface area contributed by atoms with Crippen molar-refractivity contribution in [1.29, 1.82) is 0 Å². The van der Waals surface area contributed by atoms with Crippen LogP contribution in [-0.2, 0) is 32.1 Å². The van der Waals surface area contributed by atoms with Gasteiger partial charge in [-0.1, -0.05) is 24.3 Å². The summed E-state index contributed by atoms with van der Waals surface area (Å²) in [5.74, 6) is 0.202. The molecular formula is C36H32N4O6. The molecule has 2 aliphatic rings. The number of allylic oxidation sites excluding steroid dienone is 2. The summed E-state index contributed by atoms with van der Waals surface area (Å²) in [7, 11) is 3.35. The minimum atomic E-state index is -0.777. The number of carbonyl (C=O) groups excluding carboxylic acids is 2. The van der Waals surface area contributed by atoms with Gasteiger partial charge in [-0.05, 0) is 96.5 Å². The minimum Gasteiger partial charge on any atom is -0.496 e. The number of ether oxygens (including phenoxy) is 2. The number of hydrogen-bond acceptors (Lipinski definition) is 10. The van der Waals surface area contributed by atoms with E-state index in [1.54, 1.807) is 50.9 Å². The number of pyridine rings is 2. The van der Waals surface area contributed by atoms with Crippen LogP contribution in [0.1, 0.15) is 46.5 Å². The van der Waals surface area contributed by atoms with Crippen LogP contribution in [0.25, 0.3) is 23.3 Å². The van der Waals surface area contributed by atoms with Gasteiger partial charge in [-0.2, -0.15) is 0 Å². The van der Waals surface area contributed by atoms with Crippen LogP contribution >= 0.6 is 0 Å². The van der Waals surface area contributed by atoms with Gasteiger partial charge in [0.05, 0.1) is 37.0 Å². The second kappa shape index (κ2) is 13.8. The van der Waals surface area contributed by atoms with Crippen molar-refractivity contribution in [3.8, 4) is 11.5 Å². The van der Waals surface area contributed by atoms with Gasteiger partial charge in [-0.25, -0.2) is 20.5 Å². The first kappa shape index (κ1) is 30.1. The standard InChI is InChI=1S/C36H32N4O6/c1-43-33-7-3-5-23-19-25(9-11-29(23)33)31-21-27(15-17-37-31)39-45-35(41)13-14-36(42)46-40-28-16-18-38-32(22-28)26-10-12-30-24(20-26)6-4-8-34(30)44-2/h3-8,13-22H,9-12H2,1-2H3,(H,37,39)(H,38,40)/b14-13+. The monoisotopic (exact) mass is 616 g/mol. The average molecular weight is 617 g/mol. The highest BCUT2D eigenvalue weighted by Gasteiger charge is 2.18. The molecule has 232 valence electrons. The van der Waals surface area contributed by atoms with Crippen molar-refractivity contribution in [1.82, 2.24) is 9.97 Å². The summed E-state index contributed by atoms with van der Waals surface area (Å²) in [5.41, 5.74) is 14.5. The third-order valence-electron chi connectivity index (χ3n) is 7.80. The molecule has 0 bridgehead atoms. The van der Waals surface area contributed by atoms with Crippen molar-refractivity contribution in [2.24, 2.45) is 0 Å². The molecule has 0 spiro atoms. The number of anilines is 2. The normalized spacial score (nSPS) is 13.4. The largest absolute Gasteiger partial charge is 0.496 e. The molecule has 46 heavy (non-hydrogen) atoms. The van der Waals surface area contributed by atoms with Gasteiger partial charge in [0.2, 0.25) is 0 Å². The van der Waals surface area contributed by atoms with Crippen LogP contribution in [0, 0.1) is 0 Å². The molecule has 10 heteroatoms. The molecular weight excluding hydrogens is 584 g/mol. The van der Waals surface area contributed by atoms with Gasteiger partial charge in [0.25, 0.3) is 0 Å². The highest BCUT2D eigenvalue weighted by molar-refractivity contribution is 5.92. The second-order valence-corrected chi connectivity index (χ2v) is 10.6. The fraction of sp³-hybridized carbons (Fsp3) is 0.167. The number of hydrogen-bond donors (Lipinski definition) is 2. The van der Waals surface area contributed by atoms with E-state index < -0.39 is 11.9 Å². The third kappa shape index (κ3) is 6.91. The summed E-state index contributed by atoms with van der Waals surface area (Å²) in [6, 6.07) is 18.9. The van der Waals surface area contributed by atoms with Crippen LogP contribution in [0.2, 0.25) is 0 Å². The Labute approximate surface area is 266 Å². The Balaban J connectivity index is 1.01. The van der Waals surface area contributed by atoms with Gasteiger partial charge >= 0.3 is 11.9 Å². The molecule has 0 unspecified atom stereocenters. The van der Waals surface area contributed by atoms with Gasteiger partial charge < -0.3 is 19.1 Å². The van der Waals surface area contributed by atoms with Crippen molar-refractivity contribution < 1.29 is 28.7 Å². The maximum absolute atomic E-state index is 12.3. The highest BCUT2D eigenvalue weighted by Crippen LogP contribution is 2.36. The molecule has 0 radical (unpaired) electrons. The van der Waals surface area contributed by atoms with E-state index in [2.05, 4.69) is 45.2 Å². The van der Waals surface area contributed by atoms with Crippen LogP contribution < -0.4 is 20.4 Å². The van der Waals surface area contributed by atoms with E-state index in [-0.39, 0.29) is 0 Å². The number of fused-ring (bicyclic) bond motifs is 2. The quantitative estimate of drug-likeness (QED) is 0.152. The molecule has 2 aliphatic carbocycles. The van der Waals surface area contributed by atoms with Gasteiger partial charge in [-0.3, -0.25) is 9.97 Å². The lowest BCUT2D eigenvalue weighted by Gasteiger charge is -2.19. The van der Waals surface area contributed by atoms with E-state index in [0.717, 1.165) is 83.0 Å². The Hall–Kier alpha value is -5.90. The SMILES string of the molecule is COc1cccc2c1CCC(c1cc(NOC(=O)/C=C/C(=O)ONc3ccnc(C4=Cc5cccc(OC)c5CC4)c3)ccn1)=C2. The van der Waals surface area contributed by atoms with Crippen molar-refractivity contribution in [3.05, 3.63) is 119 Å². The molecule has 0 fully saturated rings. The van der Waals surface area contributed by atoms with E-state index >= 15 is 0 Å². The van der Waals surface area contributed by atoms with Crippen molar-refractivity contribution in [2.75, 3.05) is 25.2 Å². The number of carbonyl (C=O) groups is 2. The first-order valence-electron chi connectivity index (χ1n) is 14.8. The molecule has 10 nitrogen and oxygen atoms in total. The Morgan fingerprint density at radius 2 is 1.11 bits per heavy atom. The maximum Gasteiger partial charge on any atom is 0.355 e. The van der Waals surface area contributed by atoms with Crippen molar-refractivity contribution in [3.63, 3.8) is 0 Å². The minimum absolute atomic E-state index is 0.539. The summed E-state index contributed by atoms with van der Waals surface area (Å²) >= 11 is 0. The van der Waals surface area contributed by atoms with E-state index in [4.69, 9.17) is 19.1 Å². The predicted molar refractivity (Wildman–Crippen MR) is 175 cm³/mol. The smallest absolute Gasteiger partial charge is 0.355 e. The highest BCUT2D eigenvalue weighted by atomic mass is 16.7. The number of benzene rings is 2. The molecule has 6 rings (SSSR count). The predicted octanol–water partition coefficient (Wildman–Crippen LogP) is 6.46. The first-order valence-corrected chi connectivity index (χ1v) is 14.8. The van der Waals surface area contributed by atoms with Gasteiger partial charge in [0.15, 0.2) is 0 Å². The lowest BCUT2D eigenvalue weighted by Crippen LogP contribution is -2.11. The summed E-state index contributed by atoms with van der Waals surface area (Å²) in [4.78, 5) is 43.7. The number of nitrogens with zero attached hydrogens (tertiary/aromatic N) is 2. The molecule has 0 amide bonds. The fourth-order valence-corrected chi connectivity index (χ4v) is 5.56. The molecule has 0 aliphatic heterocycles. The van der Waals surface area contributed by atoms with Crippen molar-refractivity contribution in [2.45, 2.75) is 25.7 Å². The van der Waals surface area contributed by atoms with E-state index in [1.807, 2.05) is 24.3 Å². The molecule has 2 aromatic carbocycles. The van der Waals surface area contributed by atoms with Gasteiger partial charge in [0.1, 0.15) is 11.5 Å². The zero-order valence-corrected chi connectivity index (χ0v) is 25.4. The lowest BCUT2D eigenvalue weighted by molar-refractivity contribution is -0.137. The zero-order valence-electron chi connectivity index (χ0n) is 25.4. The van der Waals surface area contributed by atoms with Gasteiger partial charge in [-0.15, -0.1) is 0 Å². The summed E-state index contributed by atoms with van der Waals surface area (Å²) in [6.07, 6.45) is 12.7. The van der Waals surface area contributed by atoms with E-state index in [0.29, 0.717) is 11.4 Å². The Bertz CT molecular complexity index is 1750. The van der Waals surface area contributed by atoms with E-state index in [9.17, 15) is 9.59 Å². The van der Waals surface area contributed by atoms with Crippen LogP contribution in [0.3, 0.4) is 0 Å². The summed E-state index contributed by atoms with van der Waals surface area (Å²) < 4.78 is 11.0. The molecule has 0 atom stereocenters. The van der Waals surface area contributed by atoms with Gasteiger partial charge in [0, 0.05) is 35.7 Å². The topological polar surface area (TPSA) is 121 Å². The molecule has 2 heterocycles. The number of aromatic nitrogens is 2. The number of nitrogens with one attached hydrogen (secondary N) is 2. The molecule has 0 saturated heterocycles. The summed E-state index contributed by atoms with van der Waals surface area (Å²) in [6.45, 7) is 0. The third-order valence-corrected chi connectivity index (χ3v) is 7.80. The fourth-order valence-electron chi connectivity index (χ4n) is 5.56. The first-order chi connectivity index (χ1) is 22.5. The summed E-state index contributed by atoms with van der Waals surface area (Å²) in [5, 5.41) is 0. The molecule has 0 saturated carbocycles. The molecule has 2 N–H and O–H groups in total. The Morgan fingerprint density at radius 3 is 1.54 bits per heavy atom. The second-order valence-electron chi connectivity index (χ2n) is 10.6. The Morgan fingerprint density at radius 1 is 0.652 bits per heavy atom. The van der Waals surface area contributed by atoms with Crippen LogP contribution in [0.4, 0.5) is 11.4 Å². The van der Waals surface area contributed by atoms with Crippen molar-refractivity contribution >= 4 is 46.6 Å². The molecule has 2 aromatic heterocycles. The van der Waals surface area contributed by atoms with Crippen LogP contribution in [0.15, 0.2) is 85.2 Å². The number of rotatable bonds is 10. The maximum atomic E-state index is 12.3. The molecule has 4 aromatic rings.